The Morgan fingerprint density at radius 1 is 1.29 bits per heavy atom. The first kappa shape index (κ1) is 17.5. The van der Waals surface area contributed by atoms with Gasteiger partial charge in [-0.25, -0.2) is 0 Å². The standard InChI is InChI=1S/C17H26N2O2/c1-4-19(11-12-21-5-2)14-16-13-15(7-6-10-18)8-9-17(16)20-3/h8-9,13H,4-5,10-12,14,18H2,1-3H3. The van der Waals surface area contributed by atoms with E-state index in [9.17, 15) is 0 Å². The zero-order valence-electron chi connectivity index (χ0n) is 13.3. The molecule has 0 amide bonds. The van der Waals surface area contributed by atoms with E-state index in [1.807, 2.05) is 19.1 Å². The van der Waals surface area contributed by atoms with E-state index in [4.69, 9.17) is 15.2 Å². The van der Waals surface area contributed by atoms with Crippen molar-refractivity contribution in [3.8, 4) is 17.6 Å². The summed E-state index contributed by atoms with van der Waals surface area (Å²) in [6, 6.07) is 6.00. The van der Waals surface area contributed by atoms with E-state index in [0.717, 1.165) is 49.7 Å². The predicted octanol–water partition coefficient (Wildman–Crippen LogP) is 1.86. The van der Waals surface area contributed by atoms with Gasteiger partial charge in [-0.1, -0.05) is 18.8 Å². The van der Waals surface area contributed by atoms with E-state index < -0.39 is 0 Å². The van der Waals surface area contributed by atoms with Crippen LogP contribution in [0.3, 0.4) is 0 Å². The van der Waals surface area contributed by atoms with Crippen LogP contribution in [0.4, 0.5) is 0 Å². The maximum Gasteiger partial charge on any atom is 0.123 e. The highest BCUT2D eigenvalue weighted by Crippen LogP contribution is 2.21. The summed E-state index contributed by atoms with van der Waals surface area (Å²) < 4.78 is 10.9. The average Bonchev–Trinajstić information content (AvgIpc) is 2.52. The Kier molecular flexibility index (Phi) is 8.53. The predicted molar refractivity (Wildman–Crippen MR) is 86.4 cm³/mol. The van der Waals surface area contributed by atoms with Crippen molar-refractivity contribution in [3.63, 3.8) is 0 Å². The molecule has 2 N–H and O–H groups in total. The zero-order valence-corrected chi connectivity index (χ0v) is 13.3. The Morgan fingerprint density at radius 2 is 2.10 bits per heavy atom. The van der Waals surface area contributed by atoms with Crippen LogP contribution in [0, 0.1) is 11.8 Å². The summed E-state index contributed by atoms with van der Waals surface area (Å²) >= 11 is 0. The third kappa shape index (κ3) is 6.17. The van der Waals surface area contributed by atoms with Gasteiger partial charge in [-0.15, -0.1) is 0 Å². The molecule has 4 nitrogen and oxygen atoms in total. The molecule has 0 heterocycles. The minimum atomic E-state index is 0.372. The number of rotatable bonds is 8. The number of methoxy groups -OCH3 is 1. The van der Waals surface area contributed by atoms with E-state index in [-0.39, 0.29) is 0 Å². The van der Waals surface area contributed by atoms with Crippen molar-refractivity contribution >= 4 is 0 Å². The maximum absolute atomic E-state index is 5.45. The molecule has 0 bridgehead atoms. The summed E-state index contributed by atoms with van der Waals surface area (Å²) in [5.74, 6) is 6.84. The van der Waals surface area contributed by atoms with Crippen molar-refractivity contribution in [1.82, 2.24) is 4.90 Å². The van der Waals surface area contributed by atoms with Crippen LogP contribution in [0.5, 0.6) is 5.75 Å². The van der Waals surface area contributed by atoms with Crippen molar-refractivity contribution in [2.45, 2.75) is 20.4 Å². The monoisotopic (exact) mass is 290 g/mol. The fourth-order valence-corrected chi connectivity index (χ4v) is 2.06. The maximum atomic E-state index is 5.45. The molecule has 0 atom stereocenters. The van der Waals surface area contributed by atoms with Gasteiger partial charge in [-0.2, -0.15) is 0 Å². The van der Waals surface area contributed by atoms with Crippen molar-refractivity contribution in [1.29, 1.82) is 0 Å². The molecule has 0 fully saturated rings. The van der Waals surface area contributed by atoms with Crippen LogP contribution in [0.25, 0.3) is 0 Å². The molecular weight excluding hydrogens is 264 g/mol. The van der Waals surface area contributed by atoms with Crippen LogP contribution < -0.4 is 10.5 Å². The molecular formula is C17H26N2O2. The summed E-state index contributed by atoms with van der Waals surface area (Å²) in [5.41, 5.74) is 7.53. The van der Waals surface area contributed by atoms with Gasteiger partial charge in [0.2, 0.25) is 0 Å². The van der Waals surface area contributed by atoms with Gasteiger partial charge in [0.25, 0.3) is 0 Å². The summed E-state index contributed by atoms with van der Waals surface area (Å²) in [6.45, 7) is 8.74. The van der Waals surface area contributed by atoms with Crippen LogP contribution >= 0.6 is 0 Å². The Balaban J connectivity index is 2.82. The van der Waals surface area contributed by atoms with E-state index in [1.165, 1.54) is 0 Å². The van der Waals surface area contributed by atoms with Crippen molar-refractivity contribution in [2.24, 2.45) is 5.73 Å². The number of nitrogens with two attached hydrogens (primary N) is 1. The first-order valence-corrected chi connectivity index (χ1v) is 7.41. The normalized spacial score (nSPS) is 10.3. The second-order valence-electron chi connectivity index (χ2n) is 4.60. The number of likely N-dealkylation sites (N-methyl/N-ethyl adjacent to an activating group) is 1. The molecule has 0 saturated heterocycles. The Labute approximate surface area is 128 Å². The van der Waals surface area contributed by atoms with Crippen molar-refractivity contribution in [2.75, 3.05) is 40.0 Å². The zero-order chi connectivity index (χ0) is 15.5. The second-order valence-corrected chi connectivity index (χ2v) is 4.60. The van der Waals surface area contributed by atoms with Gasteiger partial charge in [-0.3, -0.25) is 4.90 Å². The Morgan fingerprint density at radius 3 is 2.71 bits per heavy atom. The molecule has 0 unspecified atom stereocenters. The molecule has 1 aromatic carbocycles. The number of benzene rings is 1. The highest BCUT2D eigenvalue weighted by Gasteiger charge is 2.09. The number of ether oxygens (including phenoxy) is 2. The first-order valence-electron chi connectivity index (χ1n) is 7.41. The molecule has 0 spiro atoms. The van der Waals surface area contributed by atoms with E-state index in [1.54, 1.807) is 7.11 Å². The van der Waals surface area contributed by atoms with Crippen LogP contribution in [-0.2, 0) is 11.3 Å². The van der Waals surface area contributed by atoms with Crippen LogP contribution in [0.2, 0.25) is 0 Å². The van der Waals surface area contributed by atoms with Gasteiger partial charge in [0.05, 0.1) is 20.3 Å². The minimum absolute atomic E-state index is 0.372. The first-order chi connectivity index (χ1) is 10.2. The molecule has 116 valence electrons. The van der Waals surface area contributed by atoms with Gasteiger partial charge in [-0.05, 0) is 31.7 Å². The summed E-state index contributed by atoms with van der Waals surface area (Å²) in [5, 5.41) is 0. The number of hydrogen-bond acceptors (Lipinski definition) is 4. The van der Waals surface area contributed by atoms with Crippen LogP contribution in [0.1, 0.15) is 25.0 Å². The smallest absolute Gasteiger partial charge is 0.123 e. The number of hydrogen-bond donors (Lipinski definition) is 1. The largest absolute Gasteiger partial charge is 0.496 e. The van der Waals surface area contributed by atoms with Crippen molar-refractivity contribution in [3.05, 3.63) is 29.3 Å². The van der Waals surface area contributed by atoms with Crippen molar-refractivity contribution < 1.29 is 9.47 Å². The van der Waals surface area contributed by atoms with Gasteiger partial charge in [0.15, 0.2) is 0 Å². The second kappa shape index (κ2) is 10.2. The molecule has 0 saturated carbocycles. The highest BCUT2D eigenvalue weighted by atomic mass is 16.5. The number of nitrogens with zero attached hydrogens (tertiary/aromatic N) is 1. The SMILES string of the molecule is CCOCCN(CC)Cc1cc(C#CCN)ccc1OC. The van der Waals surface area contributed by atoms with Gasteiger partial charge in [0.1, 0.15) is 5.75 Å². The molecule has 1 rings (SSSR count). The molecule has 4 heteroatoms. The summed E-state index contributed by atoms with van der Waals surface area (Å²) in [7, 11) is 1.69. The Bertz CT molecular complexity index is 477. The lowest BCUT2D eigenvalue weighted by atomic mass is 10.1. The molecule has 21 heavy (non-hydrogen) atoms. The van der Waals surface area contributed by atoms with Gasteiger partial charge in [0, 0.05) is 30.8 Å². The Hall–Kier alpha value is -1.54. The summed E-state index contributed by atoms with van der Waals surface area (Å²) in [4.78, 5) is 2.33. The van der Waals surface area contributed by atoms with Crippen LogP contribution in [-0.4, -0.2) is 44.9 Å². The average molecular weight is 290 g/mol. The summed E-state index contributed by atoms with van der Waals surface area (Å²) in [6.07, 6.45) is 0. The fraction of sp³-hybridized carbons (Fsp3) is 0.529. The molecule has 0 aliphatic carbocycles. The fourth-order valence-electron chi connectivity index (χ4n) is 2.06. The third-order valence-electron chi connectivity index (χ3n) is 3.21. The molecule has 1 aromatic rings. The van der Waals surface area contributed by atoms with E-state index in [0.29, 0.717) is 6.54 Å². The molecule has 0 aromatic heterocycles. The lowest BCUT2D eigenvalue weighted by molar-refractivity contribution is 0.112. The van der Waals surface area contributed by atoms with Gasteiger partial charge < -0.3 is 15.2 Å². The highest BCUT2D eigenvalue weighted by molar-refractivity contribution is 5.44. The lowest BCUT2D eigenvalue weighted by Crippen LogP contribution is -2.27. The van der Waals surface area contributed by atoms with E-state index >= 15 is 0 Å². The van der Waals surface area contributed by atoms with Crippen LogP contribution in [0.15, 0.2) is 18.2 Å². The molecule has 0 aliphatic rings. The van der Waals surface area contributed by atoms with Gasteiger partial charge >= 0.3 is 0 Å². The molecule has 0 aliphatic heterocycles. The van der Waals surface area contributed by atoms with E-state index in [2.05, 4.69) is 29.7 Å². The topological polar surface area (TPSA) is 47.7 Å². The lowest BCUT2D eigenvalue weighted by Gasteiger charge is -2.21. The minimum Gasteiger partial charge on any atom is -0.496 e. The molecule has 0 radical (unpaired) electrons. The third-order valence-corrected chi connectivity index (χ3v) is 3.21. The quantitative estimate of drug-likeness (QED) is 0.586.